The fourth-order valence-electron chi connectivity index (χ4n) is 1.77. The molecule has 0 spiro atoms. The number of anilines is 1. The number of hydrogen-bond acceptors (Lipinski definition) is 4. The molecule has 0 bridgehead atoms. The van der Waals surface area contributed by atoms with E-state index in [2.05, 4.69) is 27.9 Å². The van der Waals surface area contributed by atoms with Crippen molar-refractivity contribution >= 4 is 45.9 Å². The predicted molar refractivity (Wildman–Crippen MR) is 94.5 cm³/mol. The first-order chi connectivity index (χ1) is 11.0. The van der Waals surface area contributed by atoms with E-state index in [1.54, 1.807) is 18.2 Å². The third kappa shape index (κ3) is 4.62. The fraction of sp³-hybridized carbons (Fsp3) is 0. The summed E-state index contributed by atoms with van der Waals surface area (Å²) in [5, 5.41) is 22.4. The van der Waals surface area contributed by atoms with Gasteiger partial charge < -0.3 is 5.32 Å². The smallest absolute Gasteiger partial charge is 0.269 e. The van der Waals surface area contributed by atoms with Gasteiger partial charge in [0.25, 0.3) is 11.6 Å². The minimum atomic E-state index is -0.534. The number of nitro benzene ring substituents is 1. The third-order valence-electron chi connectivity index (χ3n) is 2.86. The monoisotopic (exact) mass is 419 g/mol. The number of nitrogens with one attached hydrogen (secondary N) is 1. The summed E-state index contributed by atoms with van der Waals surface area (Å²) in [4.78, 5) is 22.2. The molecule has 0 fully saturated rings. The van der Waals surface area contributed by atoms with Crippen LogP contribution in [0.3, 0.4) is 0 Å². The van der Waals surface area contributed by atoms with Gasteiger partial charge in [-0.3, -0.25) is 14.9 Å². The minimum absolute atomic E-state index is 0.0519. The number of amides is 1. The molecule has 0 aliphatic heterocycles. The van der Waals surface area contributed by atoms with Crippen molar-refractivity contribution in [1.82, 2.24) is 0 Å². The van der Waals surface area contributed by atoms with Crippen LogP contribution in [0.4, 0.5) is 11.4 Å². The van der Waals surface area contributed by atoms with Gasteiger partial charge in [0.1, 0.15) is 11.6 Å². The second-order valence-corrected chi connectivity index (χ2v) is 5.73. The van der Waals surface area contributed by atoms with Gasteiger partial charge in [-0.05, 0) is 64.6 Å². The van der Waals surface area contributed by atoms with Crippen LogP contribution in [0.25, 0.3) is 6.08 Å². The molecule has 6 nitrogen and oxygen atoms in total. The molecule has 0 atom stereocenters. The lowest BCUT2D eigenvalue weighted by atomic mass is 10.1. The normalized spacial score (nSPS) is 10.7. The van der Waals surface area contributed by atoms with Crippen LogP contribution in [-0.4, -0.2) is 10.8 Å². The van der Waals surface area contributed by atoms with Crippen LogP contribution in [0.5, 0.6) is 0 Å². The molecule has 2 rings (SSSR count). The Kier molecular flexibility index (Phi) is 5.43. The number of nitrogens with zero attached hydrogens (tertiary/aromatic N) is 2. The van der Waals surface area contributed by atoms with Crippen LogP contribution in [0.15, 0.2) is 54.1 Å². The van der Waals surface area contributed by atoms with Crippen molar-refractivity contribution in [3.8, 4) is 6.07 Å². The van der Waals surface area contributed by atoms with E-state index in [1.807, 2.05) is 12.1 Å². The van der Waals surface area contributed by atoms with Gasteiger partial charge in [-0.25, -0.2) is 0 Å². The van der Waals surface area contributed by atoms with Crippen molar-refractivity contribution in [2.45, 2.75) is 0 Å². The molecule has 0 unspecified atom stereocenters. The van der Waals surface area contributed by atoms with Gasteiger partial charge in [-0.2, -0.15) is 5.26 Å². The van der Waals surface area contributed by atoms with E-state index < -0.39 is 10.8 Å². The molecule has 0 radical (unpaired) electrons. The molecule has 114 valence electrons. The van der Waals surface area contributed by atoms with E-state index >= 15 is 0 Å². The van der Waals surface area contributed by atoms with E-state index in [1.165, 1.54) is 30.3 Å². The Hall–Kier alpha value is -2.73. The number of rotatable bonds is 4. The van der Waals surface area contributed by atoms with Gasteiger partial charge in [-0.1, -0.05) is 6.07 Å². The van der Waals surface area contributed by atoms with Crippen molar-refractivity contribution < 1.29 is 9.72 Å². The topological polar surface area (TPSA) is 96.0 Å². The Labute approximate surface area is 145 Å². The summed E-state index contributed by atoms with van der Waals surface area (Å²) < 4.78 is 0.957. The van der Waals surface area contributed by atoms with E-state index in [4.69, 9.17) is 5.26 Å². The zero-order chi connectivity index (χ0) is 16.8. The van der Waals surface area contributed by atoms with E-state index in [9.17, 15) is 14.9 Å². The highest BCUT2D eigenvalue weighted by Crippen LogP contribution is 2.16. The quantitative estimate of drug-likeness (QED) is 0.269. The summed E-state index contributed by atoms with van der Waals surface area (Å²) in [5.74, 6) is -0.534. The molecule has 23 heavy (non-hydrogen) atoms. The fourth-order valence-corrected chi connectivity index (χ4v) is 2.32. The molecule has 7 heteroatoms. The Bertz CT molecular complexity index is 823. The lowest BCUT2D eigenvalue weighted by Crippen LogP contribution is -2.13. The van der Waals surface area contributed by atoms with Gasteiger partial charge in [0, 0.05) is 21.4 Å². The van der Waals surface area contributed by atoms with Gasteiger partial charge in [0.05, 0.1) is 4.92 Å². The van der Waals surface area contributed by atoms with Crippen LogP contribution in [0.2, 0.25) is 0 Å². The maximum Gasteiger partial charge on any atom is 0.269 e. The Morgan fingerprint density at radius 3 is 2.52 bits per heavy atom. The van der Waals surface area contributed by atoms with E-state index in [0.29, 0.717) is 11.3 Å². The van der Waals surface area contributed by atoms with Gasteiger partial charge >= 0.3 is 0 Å². The number of carbonyl (C=O) groups excluding carboxylic acids is 1. The second kappa shape index (κ2) is 7.51. The number of nitriles is 1. The maximum atomic E-state index is 12.1. The third-order valence-corrected chi connectivity index (χ3v) is 3.53. The largest absolute Gasteiger partial charge is 0.321 e. The van der Waals surface area contributed by atoms with Crippen LogP contribution in [0.1, 0.15) is 5.56 Å². The number of hydrogen-bond donors (Lipinski definition) is 1. The summed E-state index contributed by atoms with van der Waals surface area (Å²) in [5.41, 5.74) is 0.985. The molecule has 0 saturated carbocycles. The van der Waals surface area contributed by atoms with Crippen LogP contribution in [-0.2, 0) is 4.79 Å². The molecule has 1 amide bonds. The predicted octanol–water partition coefficient (Wildman–Crippen LogP) is 3.75. The van der Waals surface area contributed by atoms with E-state index in [-0.39, 0.29) is 11.3 Å². The molecule has 0 saturated heterocycles. The van der Waals surface area contributed by atoms with Gasteiger partial charge in [0.2, 0.25) is 0 Å². The SMILES string of the molecule is N#C/C(=C\c1ccc([N+](=O)[O-])cc1)C(=O)Nc1cccc(I)c1. The van der Waals surface area contributed by atoms with E-state index in [0.717, 1.165) is 3.57 Å². The highest BCUT2D eigenvalue weighted by atomic mass is 127. The summed E-state index contributed by atoms with van der Waals surface area (Å²) in [7, 11) is 0. The second-order valence-electron chi connectivity index (χ2n) is 4.48. The number of benzene rings is 2. The highest BCUT2D eigenvalue weighted by molar-refractivity contribution is 14.1. The highest BCUT2D eigenvalue weighted by Gasteiger charge is 2.10. The standard InChI is InChI=1S/C16H10IN3O3/c17-13-2-1-3-14(9-13)19-16(21)12(10-18)8-11-4-6-15(7-5-11)20(22)23/h1-9H,(H,19,21)/b12-8+. The van der Waals surface area contributed by atoms with Gasteiger partial charge in [-0.15, -0.1) is 0 Å². The first-order valence-electron chi connectivity index (χ1n) is 6.43. The van der Waals surface area contributed by atoms with Crippen LogP contribution >= 0.6 is 22.6 Å². The van der Waals surface area contributed by atoms with Crippen molar-refractivity contribution in [3.63, 3.8) is 0 Å². The lowest BCUT2D eigenvalue weighted by Gasteiger charge is -2.04. The molecule has 0 aliphatic carbocycles. The first-order valence-corrected chi connectivity index (χ1v) is 7.50. The first kappa shape index (κ1) is 16.6. The zero-order valence-corrected chi connectivity index (χ0v) is 13.9. The van der Waals surface area contributed by atoms with Crippen molar-refractivity contribution in [3.05, 3.63) is 73.4 Å². The average molecular weight is 419 g/mol. The molecular weight excluding hydrogens is 409 g/mol. The Balaban J connectivity index is 2.19. The van der Waals surface area contributed by atoms with Crippen molar-refractivity contribution in [1.29, 1.82) is 5.26 Å². The zero-order valence-electron chi connectivity index (χ0n) is 11.7. The number of nitro groups is 1. The molecule has 0 aliphatic rings. The van der Waals surface area contributed by atoms with Crippen molar-refractivity contribution in [2.75, 3.05) is 5.32 Å². The Morgan fingerprint density at radius 2 is 1.96 bits per heavy atom. The summed E-state index contributed by atoms with van der Waals surface area (Å²) in [6.07, 6.45) is 1.38. The summed E-state index contributed by atoms with van der Waals surface area (Å²) in [6.45, 7) is 0. The summed E-state index contributed by atoms with van der Waals surface area (Å²) in [6, 6.07) is 14.6. The molecule has 1 N–H and O–H groups in total. The van der Waals surface area contributed by atoms with Crippen LogP contribution in [0, 0.1) is 25.0 Å². The van der Waals surface area contributed by atoms with Crippen molar-refractivity contribution in [2.24, 2.45) is 0 Å². The number of non-ortho nitro benzene ring substituents is 1. The number of carbonyl (C=O) groups is 1. The van der Waals surface area contributed by atoms with Crippen LogP contribution < -0.4 is 5.32 Å². The molecule has 0 aromatic heterocycles. The molecular formula is C16H10IN3O3. The maximum absolute atomic E-state index is 12.1. The van der Waals surface area contributed by atoms with Gasteiger partial charge in [0.15, 0.2) is 0 Å². The Morgan fingerprint density at radius 1 is 1.26 bits per heavy atom. The summed E-state index contributed by atoms with van der Waals surface area (Å²) >= 11 is 2.12. The number of halogens is 1. The molecule has 0 heterocycles. The lowest BCUT2D eigenvalue weighted by molar-refractivity contribution is -0.384. The molecule has 2 aromatic rings. The minimum Gasteiger partial charge on any atom is -0.321 e. The molecule has 2 aromatic carbocycles. The average Bonchev–Trinajstić information content (AvgIpc) is 2.53.